The van der Waals surface area contributed by atoms with Gasteiger partial charge in [0.15, 0.2) is 0 Å². The number of hydrogen-bond donors (Lipinski definition) is 1. The molecule has 0 bridgehead atoms. The number of aromatic nitrogens is 1. The Morgan fingerprint density at radius 1 is 1.50 bits per heavy atom. The Balaban J connectivity index is 1.73. The quantitative estimate of drug-likeness (QED) is 0.907. The van der Waals surface area contributed by atoms with Crippen LogP contribution in [0, 0.1) is 0 Å². The molecule has 1 N–H and O–H groups in total. The van der Waals surface area contributed by atoms with Crippen molar-refractivity contribution in [1.82, 2.24) is 20.1 Å². The Kier molecular flexibility index (Phi) is 5.00. The average molecular weight is 280 g/mol. The normalized spacial score (nSPS) is 16.4. The highest BCUT2D eigenvalue weighted by atomic mass is 16.4. The molecule has 0 aliphatic carbocycles. The molecule has 1 fully saturated rings. The zero-order valence-corrected chi connectivity index (χ0v) is 12.6. The van der Waals surface area contributed by atoms with Crippen LogP contribution in [0.3, 0.4) is 0 Å². The van der Waals surface area contributed by atoms with Gasteiger partial charge in [-0.15, -0.1) is 0 Å². The summed E-state index contributed by atoms with van der Waals surface area (Å²) in [5, 5.41) is 3.46. The lowest BCUT2D eigenvalue weighted by molar-refractivity contribution is 0.152. The number of carbonyl (C=O) groups is 1. The van der Waals surface area contributed by atoms with Crippen LogP contribution in [0.15, 0.2) is 10.6 Å². The van der Waals surface area contributed by atoms with E-state index in [0.29, 0.717) is 12.6 Å². The molecular weight excluding hydrogens is 256 g/mol. The van der Waals surface area contributed by atoms with Crippen LogP contribution in [-0.4, -0.2) is 54.0 Å². The van der Waals surface area contributed by atoms with E-state index in [-0.39, 0.29) is 6.03 Å². The molecule has 1 aromatic heterocycles. The van der Waals surface area contributed by atoms with Crippen molar-refractivity contribution in [3.05, 3.63) is 17.8 Å². The van der Waals surface area contributed by atoms with Crippen molar-refractivity contribution in [2.45, 2.75) is 38.8 Å². The van der Waals surface area contributed by atoms with Gasteiger partial charge in [-0.2, -0.15) is 0 Å². The minimum Gasteiger partial charge on any atom is -0.444 e. The first-order valence-corrected chi connectivity index (χ1v) is 7.23. The minimum atomic E-state index is 0.101. The van der Waals surface area contributed by atoms with Crippen molar-refractivity contribution in [1.29, 1.82) is 0 Å². The van der Waals surface area contributed by atoms with Gasteiger partial charge in [-0.1, -0.05) is 6.92 Å². The summed E-state index contributed by atoms with van der Waals surface area (Å²) >= 11 is 0. The molecule has 0 spiro atoms. The first-order valence-electron chi connectivity index (χ1n) is 7.23. The summed E-state index contributed by atoms with van der Waals surface area (Å²) in [4.78, 5) is 19.6. The third kappa shape index (κ3) is 3.72. The van der Waals surface area contributed by atoms with Gasteiger partial charge in [0, 0.05) is 39.6 Å². The van der Waals surface area contributed by atoms with E-state index in [1.165, 1.54) is 0 Å². The van der Waals surface area contributed by atoms with Crippen molar-refractivity contribution in [3.63, 3.8) is 0 Å². The molecular formula is C14H24N4O2. The fraction of sp³-hybridized carbons (Fsp3) is 0.714. The molecule has 2 heterocycles. The lowest BCUT2D eigenvalue weighted by Crippen LogP contribution is -2.47. The second-order valence-electron chi connectivity index (χ2n) is 5.39. The van der Waals surface area contributed by atoms with Crippen molar-refractivity contribution in [2.24, 2.45) is 0 Å². The number of urea groups is 1. The molecule has 1 aromatic rings. The van der Waals surface area contributed by atoms with Gasteiger partial charge in [0.1, 0.15) is 5.76 Å². The Hall–Kier alpha value is -1.56. The van der Waals surface area contributed by atoms with Crippen molar-refractivity contribution in [2.75, 3.05) is 27.2 Å². The molecule has 0 aromatic carbocycles. The first-order chi connectivity index (χ1) is 9.60. The van der Waals surface area contributed by atoms with E-state index in [1.54, 1.807) is 25.2 Å². The van der Waals surface area contributed by atoms with Crippen molar-refractivity contribution < 1.29 is 9.21 Å². The molecule has 1 aliphatic rings. The maximum absolute atomic E-state index is 11.8. The summed E-state index contributed by atoms with van der Waals surface area (Å²) < 4.78 is 5.57. The molecule has 112 valence electrons. The van der Waals surface area contributed by atoms with Gasteiger partial charge in [0.25, 0.3) is 0 Å². The fourth-order valence-corrected chi connectivity index (χ4v) is 2.38. The molecule has 0 radical (unpaired) electrons. The number of amides is 2. The van der Waals surface area contributed by atoms with Crippen LogP contribution in [0.4, 0.5) is 4.79 Å². The second kappa shape index (κ2) is 6.74. The molecule has 2 rings (SSSR count). The van der Waals surface area contributed by atoms with Crippen LogP contribution in [0.2, 0.25) is 0 Å². The summed E-state index contributed by atoms with van der Waals surface area (Å²) in [6, 6.07) is 0.530. The molecule has 6 nitrogen and oxygen atoms in total. The summed E-state index contributed by atoms with van der Waals surface area (Å²) in [6.45, 7) is 4.32. The van der Waals surface area contributed by atoms with Gasteiger partial charge in [-0.25, -0.2) is 9.78 Å². The van der Waals surface area contributed by atoms with Crippen LogP contribution >= 0.6 is 0 Å². The van der Waals surface area contributed by atoms with Crippen LogP contribution in [0.1, 0.15) is 31.4 Å². The largest absolute Gasteiger partial charge is 0.444 e. The predicted octanol–water partition coefficient (Wildman–Crippen LogP) is 1.47. The molecule has 0 saturated carbocycles. The third-order valence-electron chi connectivity index (χ3n) is 3.64. The zero-order valence-electron chi connectivity index (χ0n) is 12.6. The van der Waals surface area contributed by atoms with Crippen molar-refractivity contribution in [3.8, 4) is 0 Å². The maximum atomic E-state index is 11.8. The zero-order chi connectivity index (χ0) is 14.5. The summed E-state index contributed by atoms with van der Waals surface area (Å²) in [6.07, 6.45) is 4.61. The van der Waals surface area contributed by atoms with Crippen LogP contribution < -0.4 is 5.32 Å². The highest BCUT2D eigenvalue weighted by Crippen LogP contribution is 2.12. The molecule has 2 amide bonds. The lowest BCUT2D eigenvalue weighted by Gasteiger charge is -2.33. The smallest absolute Gasteiger partial charge is 0.319 e. The average Bonchev–Trinajstić information content (AvgIpc) is 2.93. The fourth-order valence-electron chi connectivity index (χ4n) is 2.38. The van der Waals surface area contributed by atoms with Crippen LogP contribution in [0.5, 0.6) is 0 Å². The Morgan fingerprint density at radius 2 is 2.20 bits per heavy atom. The Bertz CT molecular complexity index is 436. The number of oxazole rings is 1. The molecule has 0 unspecified atom stereocenters. The molecule has 1 aliphatic heterocycles. The van der Waals surface area contributed by atoms with E-state index in [4.69, 9.17) is 4.42 Å². The molecule has 20 heavy (non-hydrogen) atoms. The number of rotatable bonds is 4. The van der Waals surface area contributed by atoms with E-state index >= 15 is 0 Å². The molecule has 6 heteroatoms. The van der Waals surface area contributed by atoms with Crippen molar-refractivity contribution >= 4 is 6.03 Å². The highest BCUT2D eigenvalue weighted by Gasteiger charge is 2.23. The van der Waals surface area contributed by atoms with Gasteiger partial charge >= 0.3 is 6.03 Å². The number of aryl methyl sites for hydroxylation is 1. The van der Waals surface area contributed by atoms with Gasteiger partial charge in [0.05, 0.1) is 12.7 Å². The molecule has 1 saturated heterocycles. The van der Waals surface area contributed by atoms with E-state index in [9.17, 15) is 4.79 Å². The number of likely N-dealkylation sites (tertiary alicyclic amines) is 1. The summed E-state index contributed by atoms with van der Waals surface area (Å²) in [5.74, 6) is 1.67. The monoisotopic (exact) mass is 280 g/mol. The SMILES string of the molecule is CCc1cnc(CNC2CCN(C(=O)N(C)C)CC2)o1. The van der Waals surface area contributed by atoms with E-state index in [2.05, 4.69) is 17.2 Å². The van der Waals surface area contributed by atoms with Gasteiger partial charge in [-0.3, -0.25) is 0 Å². The van der Waals surface area contributed by atoms with Gasteiger partial charge < -0.3 is 19.5 Å². The third-order valence-corrected chi connectivity index (χ3v) is 3.64. The Morgan fingerprint density at radius 3 is 2.75 bits per heavy atom. The summed E-state index contributed by atoms with van der Waals surface area (Å²) in [7, 11) is 3.58. The first kappa shape index (κ1) is 14.8. The van der Waals surface area contributed by atoms with Gasteiger partial charge in [0.2, 0.25) is 5.89 Å². The number of nitrogens with one attached hydrogen (secondary N) is 1. The van der Waals surface area contributed by atoms with E-state index < -0.39 is 0 Å². The standard InChI is InChI=1S/C14H24N4O2/c1-4-12-9-16-13(20-12)10-15-11-5-7-18(8-6-11)14(19)17(2)3/h9,11,15H,4-8,10H2,1-3H3. The van der Waals surface area contributed by atoms with Gasteiger partial charge in [-0.05, 0) is 12.8 Å². The van der Waals surface area contributed by atoms with Crippen LogP contribution in [-0.2, 0) is 13.0 Å². The topological polar surface area (TPSA) is 61.6 Å². The van der Waals surface area contributed by atoms with E-state index in [1.807, 2.05) is 4.90 Å². The van der Waals surface area contributed by atoms with E-state index in [0.717, 1.165) is 44.0 Å². The predicted molar refractivity (Wildman–Crippen MR) is 76.4 cm³/mol. The highest BCUT2D eigenvalue weighted by molar-refractivity contribution is 5.73. The second-order valence-corrected chi connectivity index (χ2v) is 5.39. The minimum absolute atomic E-state index is 0.101. The number of nitrogens with zero attached hydrogens (tertiary/aromatic N) is 3. The maximum Gasteiger partial charge on any atom is 0.319 e. The van der Waals surface area contributed by atoms with Crippen LogP contribution in [0.25, 0.3) is 0 Å². The number of hydrogen-bond acceptors (Lipinski definition) is 4. The summed E-state index contributed by atoms with van der Waals surface area (Å²) in [5.41, 5.74) is 0. The lowest BCUT2D eigenvalue weighted by atomic mass is 10.1. The number of carbonyl (C=O) groups excluding carboxylic acids is 1. The number of piperidine rings is 1. The molecule has 0 atom stereocenters. The Labute approximate surface area is 120 Å².